The monoisotopic (exact) mass is 289 g/mol. The predicted octanol–water partition coefficient (Wildman–Crippen LogP) is 2.59. The number of rotatable bonds is 1. The van der Waals surface area contributed by atoms with Crippen molar-refractivity contribution in [2.45, 2.75) is 11.1 Å². The van der Waals surface area contributed by atoms with Crippen LogP contribution in [-0.4, -0.2) is 20.7 Å². The number of imidazole rings is 1. The van der Waals surface area contributed by atoms with Gasteiger partial charge in [0, 0.05) is 10.8 Å². The number of aromatic amines is 1. The van der Waals surface area contributed by atoms with Gasteiger partial charge in [0.1, 0.15) is 6.04 Å². The smallest absolute Gasteiger partial charge is 0.296 e. The fourth-order valence-corrected chi connectivity index (χ4v) is 3.80. The van der Waals surface area contributed by atoms with E-state index in [1.165, 1.54) is 10.6 Å². The number of hydrogen-bond acceptors (Lipinski definition) is 3. The Balaban J connectivity index is 1.85. The number of H-pyrrole nitrogens is 1. The van der Waals surface area contributed by atoms with E-state index in [0.29, 0.717) is 6.04 Å². The van der Waals surface area contributed by atoms with Gasteiger partial charge in [0.2, 0.25) is 0 Å². The van der Waals surface area contributed by atoms with E-state index in [4.69, 9.17) is 11.6 Å². The van der Waals surface area contributed by atoms with Gasteiger partial charge < -0.3 is 4.98 Å². The van der Waals surface area contributed by atoms with Crippen LogP contribution in [0.25, 0.3) is 11.2 Å². The molecule has 1 aromatic carbocycles. The lowest BCUT2D eigenvalue weighted by atomic mass is 10.1. The summed E-state index contributed by atoms with van der Waals surface area (Å²) < 4.78 is 2.20. The van der Waals surface area contributed by atoms with Gasteiger partial charge in [-0.1, -0.05) is 35.5 Å². The number of thioether (sulfide) groups is 1. The summed E-state index contributed by atoms with van der Waals surface area (Å²) in [7, 11) is 0. The standard InChI is InChI=1S/C13H9ClN4S/c14-9-3-1-8(2-4-9)10-5-19-13-11-12(16-6-15-11)17-7-18(10)13/h1-4,6-7,10H,5H2/p+1/t10-/m1/s1. The lowest BCUT2D eigenvalue weighted by Crippen LogP contribution is -2.39. The zero-order valence-corrected chi connectivity index (χ0v) is 11.4. The lowest BCUT2D eigenvalue weighted by Gasteiger charge is -2.08. The van der Waals surface area contributed by atoms with Crippen molar-refractivity contribution in [3.8, 4) is 0 Å². The number of benzene rings is 1. The molecule has 3 aromatic rings. The SMILES string of the molecule is Clc1ccc([C@H]2CSc3c4[nH]cnc4nc[n+]32)cc1. The fraction of sp³-hybridized carbons (Fsp3) is 0.154. The molecule has 0 unspecified atom stereocenters. The first-order valence-corrected chi connectivity index (χ1v) is 7.31. The third-order valence-corrected chi connectivity index (χ3v) is 4.76. The van der Waals surface area contributed by atoms with Crippen molar-refractivity contribution >= 4 is 34.5 Å². The molecule has 1 atom stereocenters. The molecule has 1 aliphatic rings. The summed E-state index contributed by atoms with van der Waals surface area (Å²) in [5.41, 5.74) is 3.04. The largest absolute Gasteiger partial charge is 0.337 e. The van der Waals surface area contributed by atoms with E-state index < -0.39 is 0 Å². The second kappa shape index (κ2) is 4.21. The zero-order valence-electron chi connectivity index (χ0n) is 9.88. The molecule has 0 amide bonds. The first-order chi connectivity index (χ1) is 9.33. The maximum absolute atomic E-state index is 5.94. The Kier molecular flexibility index (Phi) is 2.50. The van der Waals surface area contributed by atoms with Crippen molar-refractivity contribution in [1.82, 2.24) is 15.0 Å². The molecular weight excluding hydrogens is 280 g/mol. The predicted molar refractivity (Wildman–Crippen MR) is 74.4 cm³/mol. The second-order valence-corrected chi connectivity index (χ2v) is 5.88. The molecule has 1 N–H and O–H groups in total. The summed E-state index contributed by atoms with van der Waals surface area (Å²) in [6.45, 7) is 0. The molecule has 3 heterocycles. The summed E-state index contributed by atoms with van der Waals surface area (Å²) in [5, 5.41) is 1.96. The summed E-state index contributed by atoms with van der Waals surface area (Å²) in [6, 6.07) is 8.32. The fourth-order valence-electron chi connectivity index (χ4n) is 2.39. The van der Waals surface area contributed by atoms with Crippen LogP contribution in [0, 0.1) is 0 Å². The Bertz CT molecular complexity index is 753. The van der Waals surface area contributed by atoms with Crippen LogP contribution in [0.1, 0.15) is 11.6 Å². The Hall–Kier alpha value is -1.59. The van der Waals surface area contributed by atoms with Gasteiger partial charge >= 0.3 is 0 Å². The van der Waals surface area contributed by atoms with E-state index in [9.17, 15) is 0 Å². The number of nitrogens with one attached hydrogen (secondary N) is 1. The molecule has 0 aliphatic carbocycles. The molecule has 1 aliphatic heterocycles. The highest BCUT2D eigenvalue weighted by molar-refractivity contribution is 7.99. The summed E-state index contributed by atoms with van der Waals surface area (Å²) in [5.74, 6) is 1.00. The Morgan fingerprint density at radius 1 is 1.26 bits per heavy atom. The van der Waals surface area contributed by atoms with E-state index >= 15 is 0 Å². The molecule has 6 heteroatoms. The molecule has 0 bridgehead atoms. The average molecular weight is 290 g/mol. The molecule has 4 rings (SSSR count). The Morgan fingerprint density at radius 2 is 2.11 bits per heavy atom. The highest BCUT2D eigenvalue weighted by Crippen LogP contribution is 2.33. The second-order valence-electron chi connectivity index (χ2n) is 4.44. The van der Waals surface area contributed by atoms with Gasteiger partial charge in [-0.2, -0.15) is 4.98 Å². The van der Waals surface area contributed by atoms with Crippen LogP contribution in [0.5, 0.6) is 0 Å². The molecule has 94 valence electrons. The summed E-state index contributed by atoms with van der Waals surface area (Å²) in [4.78, 5) is 11.7. The molecule has 0 saturated carbocycles. The van der Waals surface area contributed by atoms with Gasteiger partial charge in [0.05, 0.1) is 6.33 Å². The minimum absolute atomic E-state index is 0.303. The van der Waals surface area contributed by atoms with Crippen molar-refractivity contribution in [2.75, 3.05) is 5.75 Å². The minimum atomic E-state index is 0.303. The van der Waals surface area contributed by atoms with Crippen LogP contribution in [0.3, 0.4) is 0 Å². The van der Waals surface area contributed by atoms with E-state index in [1.54, 1.807) is 6.33 Å². The van der Waals surface area contributed by atoms with Gasteiger partial charge in [-0.3, -0.25) is 0 Å². The van der Waals surface area contributed by atoms with Crippen LogP contribution in [0.15, 0.2) is 41.9 Å². The van der Waals surface area contributed by atoms with E-state index in [2.05, 4.69) is 31.7 Å². The Morgan fingerprint density at radius 3 is 2.95 bits per heavy atom. The average Bonchev–Trinajstić information content (AvgIpc) is 3.04. The highest BCUT2D eigenvalue weighted by atomic mass is 35.5. The van der Waals surface area contributed by atoms with Crippen molar-refractivity contribution in [1.29, 1.82) is 0 Å². The molecule has 0 radical (unpaired) electrons. The molecule has 0 saturated heterocycles. The number of nitrogens with zero attached hydrogens (tertiary/aromatic N) is 3. The maximum atomic E-state index is 5.94. The van der Waals surface area contributed by atoms with Gasteiger partial charge in [-0.05, 0) is 22.7 Å². The number of aromatic nitrogens is 4. The molecule has 0 fully saturated rings. The molecule has 0 spiro atoms. The summed E-state index contributed by atoms with van der Waals surface area (Å²) >= 11 is 7.77. The van der Waals surface area contributed by atoms with Gasteiger partial charge in [-0.15, -0.1) is 0 Å². The third-order valence-electron chi connectivity index (χ3n) is 3.34. The van der Waals surface area contributed by atoms with Crippen LogP contribution in [-0.2, 0) is 0 Å². The van der Waals surface area contributed by atoms with E-state index in [0.717, 1.165) is 21.9 Å². The number of hydrogen-bond donors (Lipinski definition) is 1. The first kappa shape index (κ1) is 11.3. The van der Waals surface area contributed by atoms with Crippen LogP contribution in [0.2, 0.25) is 5.02 Å². The van der Waals surface area contributed by atoms with Gasteiger partial charge in [-0.25, -0.2) is 4.57 Å². The van der Waals surface area contributed by atoms with Crippen molar-refractivity contribution in [2.24, 2.45) is 0 Å². The topological polar surface area (TPSA) is 45.5 Å². The molecular formula is C13H10ClN4S+. The first-order valence-electron chi connectivity index (χ1n) is 5.94. The quantitative estimate of drug-likeness (QED) is 0.553. The molecule has 19 heavy (non-hydrogen) atoms. The lowest BCUT2D eigenvalue weighted by molar-refractivity contribution is -0.739. The van der Waals surface area contributed by atoms with Crippen LogP contribution in [0.4, 0.5) is 0 Å². The van der Waals surface area contributed by atoms with Crippen LogP contribution < -0.4 is 4.57 Å². The Labute approximate surface area is 118 Å². The normalized spacial score (nSPS) is 17.8. The van der Waals surface area contributed by atoms with E-state index in [1.807, 2.05) is 30.2 Å². The van der Waals surface area contributed by atoms with Crippen molar-refractivity contribution in [3.05, 3.63) is 47.5 Å². The number of fused-ring (bicyclic) bond motifs is 3. The third kappa shape index (κ3) is 1.73. The highest BCUT2D eigenvalue weighted by Gasteiger charge is 2.32. The van der Waals surface area contributed by atoms with Crippen LogP contribution >= 0.6 is 23.4 Å². The minimum Gasteiger partial charge on any atom is -0.337 e. The molecule has 4 nitrogen and oxygen atoms in total. The van der Waals surface area contributed by atoms with Gasteiger partial charge in [0.15, 0.2) is 10.5 Å². The van der Waals surface area contributed by atoms with Crippen molar-refractivity contribution < 1.29 is 4.57 Å². The number of halogens is 1. The summed E-state index contributed by atoms with van der Waals surface area (Å²) in [6.07, 6.45) is 3.56. The van der Waals surface area contributed by atoms with Crippen molar-refractivity contribution in [3.63, 3.8) is 0 Å². The van der Waals surface area contributed by atoms with Gasteiger partial charge in [0.25, 0.3) is 12.0 Å². The maximum Gasteiger partial charge on any atom is 0.296 e. The van der Waals surface area contributed by atoms with E-state index in [-0.39, 0.29) is 0 Å². The molecule has 2 aromatic heterocycles. The zero-order chi connectivity index (χ0) is 12.8.